The standard InChI is InChI=1S/2C16H16N.2C15H14N.C15H12N.C14H14N.C13H12N.C6H5NO2.2C5H8O2.7Ir/c2*1-2-8-14(9-3-1)16(11-5-6-12-16)15-10-4-7-13-17-15;3*1-15(14-8-4-5-11-16-14)10-9-12-6-2-3-7-13(12)15;1-2-7-13(8-3-1)9-6-11-14-10-4-5-12-15-14;1-2-6-12(7-3-1)9-10-13-8-4-5-11-14-13;8-6(9)5-3-1-2-4-7-5;2*1-4(6)3-5(2)7;;;;;;;/h2*1-4,7-8,10,13H,5-6,11-12H2;2*2-6,8,11H,9-10H2,1H3;2-6,8-11H,1H3;1-5,7,10,12H,6,9,11H2;1-6,8,11H,9-10H2;1-4H,(H,8,9);2*3,6H,1-2H3;;;;;;;/q7*-1;;;;;;;;;;. The largest absolute Gasteiger partial charge is 0.512 e. The average Bonchev–Trinajstić information content (AvgIpc) is 1.75. The van der Waals surface area contributed by atoms with Gasteiger partial charge in [-0.1, -0.05) is 113 Å². The van der Waals surface area contributed by atoms with E-state index < -0.39 is 5.97 Å². The summed E-state index contributed by atoms with van der Waals surface area (Å²) in [6, 6.07) is 123. The predicted molar refractivity (Wildman–Crippen MR) is 535 cm³/mol. The van der Waals surface area contributed by atoms with Crippen molar-refractivity contribution in [2.24, 2.45) is 0 Å². The molecule has 5 aliphatic carbocycles. The van der Waals surface area contributed by atoms with Crippen LogP contribution in [0.4, 0.5) is 0 Å². The average molecular weight is 3110 g/mol. The Morgan fingerprint density at radius 2 is 0.660 bits per heavy atom. The molecule has 141 heavy (non-hydrogen) atoms. The van der Waals surface area contributed by atoms with Crippen molar-refractivity contribution in [2.75, 3.05) is 0 Å². The second-order valence-electron chi connectivity index (χ2n) is 34.1. The number of ketones is 2. The molecule has 5 aliphatic rings. The van der Waals surface area contributed by atoms with Gasteiger partial charge in [-0.3, -0.25) is 44.5 Å². The van der Waals surface area contributed by atoms with Crippen molar-refractivity contribution in [2.45, 2.75) is 185 Å². The fourth-order valence-electron chi connectivity index (χ4n) is 17.6. The van der Waals surface area contributed by atoms with E-state index in [9.17, 15) is 14.4 Å². The van der Waals surface area contributed by atoms with Crippen molar-refractivity contribution in [1.82, 2.24) is 39.9 Å². The van der Waals surface area contributed by atoms with Crippen LogP contribution < -0.4 is 0 Å². The van der Waals surface area contributed by atoms with Crippen molar-refractivity contribution < 1.29 is 170 Å². The van der Waals surface area contributed by atoms with Crippen LogP contribution in [0, 0.1) is 42.5 Å². The fraction of sp³-hybridized carbons (Fsp3) is 0.242. The van der Waals surface area contributed by atoms with Crippen LogP contribution in [0.3, 0.4) is 0 Å². The van der Waals surface area contributed by atoms with Crippen molar-refractivity contribution in [1.29, 1.82) is 0 Å². The molecular formula is C120H119Ir7N8O6-7. The normalized spacial score (nSPS) is 15.9. The minimum atomic E-state index is -0.990. The van der Waals surface area contributed by atoms with Crippen LogP contribution >= 0.6 is 0 Å². The zero-order valence-electron chi connectivity index (χ0n) is 80.2. The number of aliphatic hydroxyl groups excluding tert-OH is 2. The van der Waals surface area contributed by atoms with E-state index in [0.717, 1.165) is 80.6 Å². The molecule has 7 aromatic carbocycles. The van der Waals surface area contributed by atoms with E-state index in [1.165, 1.54) is 176 Å². The zero-order chi connectivity index (χ0) is 94.5. The Hall–Kier alpha value is -10.1. The van der Waals surface area contributed by atoms with Crippen LogP contribution in [0.1, 0.15) is 225 Å². The second kappa shape index (κ2) is 65.2. The first-order valence-corrected chi connectivity index (χ1v) is 46.0. The van der Waals surface area contributed by atoms with Gasteiger partial charge in [0.05, 0.1) is 17.2 Å². The fourth-order valence-corrected chi connectivity index (χ4v) is 17.6. The SMILES string of the molecule is CC(=O)C=C(C)O.CC(=O)C=C(C)O.CC1(c2ccccn2)C=Cc2ccc[c-]c21.CC1(c2ccccn2)CCc2ccc[c-]c21.CC1(c2ccccn2)CCc2ccc[c-]c21.O=C(O)c1ccccn1.[Ir].[Ir].[Ir].[Ir].[Ir].[Ir].[Ir].[c-]1ccccc1C1(c2ccccn2)CCCC1.[c-]1ccccc1C1(c2ccccn2)CCCC1.[c-]1ccccc1CCCc1ccccn1.[c-]1ccccc1CCc1ccccn1. The Kier molecular flexibility index (Phi) is 57.0. The van der Waals surface area contributed by atoms with Crippen molar-refractivity contribution >= 4 is 23.6 Å². The molecule has 745 valence electrons. The van der Waals surface area contributed by atoms with E-state index in [4.69, 9.17) is 15.3 Å². The maximum Gasteiger partial charge on any atom is 0.354 e. The minimum absolute atomic E-state index is 0. The molecule has 8 aromatic heterocycles. The van der Waals surface area contributed by atoms with E-state index in [1.807, 2.05) is 183 Å². The minimum Gasteiger partial charge on any atom is -0.512 e. The topological polar surface area (TPSA) is 215 Å². The number of hydrogen-bond donors (Lipinski definition) is 3. The number of carbonyl (C=O) groups excluding carboxylic acids is 2. The van der Waals surface area contributed by atoms with Crippen LogP contribution in [-0.4, -0.2) is 72.7 Å². The monoisotopic (exact) mass is 3120 g/mol. The summed E-state index contributed by atoms with van der Waals surface area (Å²) in [6.07, 6.45) is 41.0. The van der Waals surface area contributed by atoms with Gasteiger partial charge in [0, 0.05) is 264 Å². The molecule has 0 aliphatic heterocycles. The Balaban J connectivity index is 0.000000329. The quantitative estimate of drug-likeness (QED) is 0.0439. The number of carboxylic acid groups (broad SMARTS) is 1. The number of aliphatic hydroxyl groups is 2. The number of pyridine rings is 8. The molecule has 0 amide bonds. The van der Waals surface area contributed by atoms with E-state index in [2.05, 4.69) is 255 Å². The third-order valence-electron chi connectivity index (χ3n) is 24.3. The first-order chi connectivity index (χ1) is 65.2. The summed E-state index contributed by atoms with van der Waals surface area (Å²) in [7, 11) is 0. The number of aromatic nitrogens is 8. The number of allylic oxidation sites excluding steroid dienone is 5. The smallest absolute Gasteiger partial charge is 0.354 e. The first kappa shape index (κ1) is 123. The van der Waals surface area contributed by atoms with Crippen LogP contribution in [-0.2, 0) is 216 Å². The number of carbonyl (C=O) groups is 3. The summed E-state index contributed by atoms with van der Waals surface area (Å²) in [5.41, 5.74) is 21.5. The molecule has 3 N–H and O–H groups in total. The van der Waals surface area contributed by atoms with Gasteiger partial charge < -0.3 is 15.3 Å². The Bertz CT molecular complexity index is 5720. The molecule has 2 saturated carbocycles. The van der Waals surface area contributed by atoms with Crippen LogP contribution in [0.5, 0.6) is 0 Å². The summed E-state index contributed by atoms with van der Waals surface area (Å²) in [6.45, 7) is 12.4. The predicted octanol–water partition coefficient (Wildman–Crippen LogP) is 25.5. The van der Waals surface area contributed by atoms with E-state index in [0.29, 0.717) is 0 Å². The van der Waals surface area contributed by atoms with E-state index in [1.54, 1.807) is 12.1 Å². The molecule has 20 rings (SSSR count). The third kappa shape index (κ3) is 37.6. The number of hydrogen-bond acceptors (Lipinski definition) is 13. The molecule has 7 radical (unpaired) electrons. The molecule has 0 spiro atoms. The van der Waals surface area contributed by atoms with E-state index >= 15 is 0 Å². The zero-order valence-corrected chi connectivity index (χ0v) is 97.0. The molecule has 15 aromatic rings. The Morgan fingerprint density at radius 3 is 0.993 bits per heavy atom. The summed E-state index contributed by atoms with van der Waals surface area (Å²) in [5.74, 6) is -1.12. The molecule has 3 unspecified atom stereocenters. The number of benzene rings is 7. The third-order valence-corrected chi connectivity index (χ3v) is 24.3. The number of aryl methyl sites for hydroxylation is 6. The van der Waals surface area contributed by atoms with Crippen LogP contribution in [0.15, 0.2) is 377 Å². The molecule has 2 fully saturated rings. The van der Waals surface area contributed by atoms with Gasteiger partial charge in [0.2, 0.25) is 0 Å². The molecule has 8 heterocycles. The van der Waals surface area contributed by atoms with Crippen molar-refractivity contribution in [3.63, 3.8) is 0 Å². The summed E-state index contributed by atoms with van der Waals surface area (Å²) in [4.78, 5) is 65.0. The second-order valence-corrected chi connectivity index (χ2v) is 34.1. The number of carboxylic acids is 1. The van der Waals surface area contributed by atoms with Crippen molar-refractivity contribution in [3.05, 3.63) is 520 Å². The number of fused-ring (bicyclic) bond motifs is 3. The van der Waals surface area contributed by atoms with E-state index in [-0.39, 0.29) is 197 Å². The molecule has 14 nitrogen and oxygen atoms in total. The summed E-state index contributed by atoms with van der Waals surface area (Å²) >= 11 is 0. The summed E-state index contributed by atoms with van der Waals surface area (Å²) < 4.78 is 0. The first-order valence-electron chi connectivity index (χ1n) is 46.0. The van der Waals surface area contributed by atoms with Gasteiger partial charge in [0.25, 0.3) is 0 Å². The van der Waals surface area contributed by atoms with Gasteiger partial charge >= 0.3 is 5.97 Å². The Labute approximate surface area is 929 Å². The molecular weight excluding hydrogens is 2990 g/mol. The van der Waals surface area contributed by atoms with Gasteiger partial charge in [0.1, 0.15) is 5.69 Å². The maximum absolute atomic E-state index is 10.1. The molecule has 21 heteroatoms. The van der Waals surface area contributed by atoms with Gasteiger partial charge in [-0.15, -0.1) is 28.3 Å². The van der Waals surface area contributed by atoms with Crippen molar-refractivity contribution in [3.8, 4) is 0 Å². The van der Waals surface area contributed by atoms with Crippen LogP contribution in [0.2, 0.25) is 0 Å². The van der Waals surface area contributed by atoms with Gasteiger partial charge in [-0.05, 0) is 196 Å². The summed E-state index contributed by atoms with van der Waals surface area (Å²) in [5, 5.41) is 25.0. The maximum atomic E-state index is 10.1. The number of rotatable bonds is 17. The van der Waals surface area contributed by atoms with Gasteiger partial charge in [-0.2, -0.15) is 228 Å². The number of nitrogens with zero attached hydrogens (tertiary/aromatic N) is 8. The number of aromatic carboxylic acids is 1. The molecule has 0 saturated heterocycles. The Morgan fingerprint density at radius 1 is 0.319 bits per heavy atom. The molecule has 3 atom stereocenters. The van der Waals surface area contributed by atoms with Gasteiger partial charge in [-0.25, -0.2) is 9.78 Å². The molecule has 0 bridgehead atoms. The van der Waals surface area contributed by atoms with Crippen LogP contribution in [0.25, 0.3) is 6.08 Å². The van der Waals surface area contributed by atoms with Gasteiger partial charge in [0.15, 0.2) is 11.6 Å².